The largest absolute Gasteiger partial charge is 0.374 e. The average molecular weight is 252 g/mol. The van der Waals surface area contributed by atoms with Gasteiger partial charge in [0.15, 0.2) is 5.96 Å². The summed E-state index contributed by atoms with van der Waals surface area (Å²) in [6, 6.07) is 0.811. The van der Waals surface area contributed by atoms with E-state index in [0.29, 0.717) is 12.5 Å². The number of hydrogen-bond acceptors (Lipinski definition) is 3. The normalized spacial score (nSPS) is 26.1. The molecule has 2 aliphatic rings. The summed E-state index contributed by atoms with van der Waals surface area (Å²) < 4.78 is 5.73. The molecule has 1 aliphatic heterocycles. The van der Waals surface area contributed by atoms with Crippen molar-refractivity contribution in [2.24, 2.45) is 10.7 Å². The van der Waals surface area contributed by atoms with Gasteiger partial charge in [0.1, 0.15) is 0 Å². The van der Waals surface area contributed by atoms with Crippen LogP contribution >= 0.6 is 0 Å². The minimum Gasteiger partial charge on any atom is -0.374 e. The zero-order valence-corrected chi connectivity index (χ0v) is 11.2. The molecule has 1 saturated carbocycles. The zero-order valence-electron chi connectivity index (χ0n) is 11.2. The number of guanidine groups is 1. The molecule has 5 heteroatoms. The van der Waals surface area contributed by atoms with Crippen molar-refractivity contribution >= 4 is 5.96 Å². The van der Waals surface area contributed by atoms with Crippen molar-refractivity contribution in [3.63, 3.8) is 0 Å². The summed E-state index contributed by atoms with van der Waals surface area (Å²) in [6.45, 7) is 9.94. The van der Waals surface area contributed by atoms with E-state index < -0.39 is 0 Å². The first-order chi connectivity index (χ1) is 8.65. The molecular weight excluding hydrogens is 228 g/mol. The molecule has 5 nitrogen and oxygen atoms in total. The third-order valence-electron chi connectivity index (χ3n) is 3.26. The summed E-state index contributed by atoms with van der Waals surface area (Å²) >= 11 is 0. The lowest BCUT2D eigenvalue weighted by atomic mass is 10.2. The fraction of sp³-hybridized carbons (Fsp3) is 0.769. The Labute approximate surface area is 109 Å². The molecule has 102 valence electrons. The number of ether oxygens (including phenoxy) is 1. The molecule has 0 aromatic carbocycles. The van der Waals surface area contributed by atoms with Gasteiger partial charge in [0.25, 0.3) is 0 Å². The molecule has 2 fully saturated rings. The Morgan fingerprint density at radius 3 is 3.00 bits per heavy atom. The highest BCUT2D eigenvalue weighted by Crippen LogP contribution is 2.27. The van der Waals surface area contributed by atoms with Crippen LogP contribution < -0.4 is 11.1 Å². The molecule has 1 saturated heterocycles. The van der Waals surface area contributed by atoms with Crippen molar-refractivity contribution in [3.05, 3.63) is 12.2 Å². The van der Waals surface area contributed by atoms with Crippen LogP contribution in [-0.2, 0) is 4.74 Å². The highest BCUT2D eigenvalue weighted by molar-refractivity contribution is 5.77. The van der Waals surface area contributed by atoms with E-state index in [1.807, 2.05) is 6.92 Å². The summed E-state index contributed by atoms with van der Waals surface area (Å²) in [4.78, 5) is 6.71. The maximum atomic E-state index is 5.77. The standard InChI is InChI=1S/C13H24N4O/c1-10(2)7-15-13(14)16-8-12-9-17(5-6-18-12)11-3-4-11/h11-12H,1,3-9H2,2H3,(H3,14,15,16). The predicted molar refractivity (Wildman–Crippen MR) is 73.6 cm³/mol. The van der Waals surface area contributed by atoms with E-state index in [-0.39, 0.29) is 6.10 Å². The molecule has 1 aliphatic carbocycles. The second-order valence-electron chi connectivity index (χ2n) is 5.26. The van der Waals surface area contributed by atoms with E-state index in [9.17, 15) is 0 Å². The molecule has 0 spiro atoms. The Morgan fingerprint density at radius 1 is 1.56 bits per heavy atom. The van der Waals surface area contributed by atoms with Gasteiger partial charge in [0, 0.05) is 25.7 Å². The van der Waals surface area contributed by atoms with Crippen molar-refractivity contribution in [1.82, 2.24) is 10.2 Å². The monoisotopic (exact) mass is 252 g/mol. The van der Waals surface area contributed by atoms with E-state index in [4.69, 9.17) is 10.5 Å². The number of aliphatic imine (C=N–C) groups is 1. The maximum Gasteiger partial charge on any atom is 0.188 e. The lowest BCUT2D eigenvalue weighted by molar-refractivity contribution is -0.0281. The predicted octanol–water partition coefficient (Wildman–Crippen LogP) is 0.330. The number of nitrogens with one attached hydrogen (secondary N) is 1. The molecule has 0 bridgehead atoms. The van der Waals surface area contributed by atoms with Crippen LogP contribution in [0.2, 0.25) is 0 Å². The van der Waals surface area contributed by atoms with Gasteiger partial charge in [-0.2, -0.15) is 0 Å². The molecule has 2 rings (SSSR count). The van der Waals surface area contributed by atoms with Crippen LogP contribution in [0.1, 0.15) is 19.8 Å². The van der Waals surface area contributed by atoms with Crippen LogP contribution in [0.4, 0.5) is 0 Å². The van der Waals surface area contributed by atoms with E-state index in [0.717, 1.165) is 37.9 Å². The van der Waals surface area contributed by atoms with Gasteiger partial charge in [-0.05, 0) is 19.8 Å². The summed E-state index contributed by atoms with van der Waals surface area (Å²) in [6.07, 6.45) is 2.92. The van der Waals surface area contributed by atoms with Crippen molar-refractivity contribution in [1.29, 1.82) is 0 Å². The van der Waals surface area contributed by atoms with Gasteiger partial charge in [-0.15, -0.1) is 0 Å². The van der Waals surface area contributed by atoms with Crippen LogP contribution in [-0.4, -0.2) is 55.8 Å². The van der Waals surface area contributed by atoms with Crippen LogP contribution in [0, 0.1) is 0 Å². The van der Waals surface area contributed by atoms with Crippen molar-refractivity contribution in [2.75, 3.05) is 32.8 Å². The molecule has 0 radical (unpaired) electrons. The summed E-state index contributed by atoms with van der Waals surface area (Å²) in [5.74, 6) is 0.477. The SMILES string of the molecule is C=C(C)CN=C(N)NCC1CN(C2CC2)CCO1. The highest BCUT2D eigenvalue weighted by atomic mass is 16.5. The maximum absolute atomic E-state index is 5.77. The highest BCUT2D eigenvalue weighted by Gasteiger charge is 2.32. The first-order valence-corrected chi connectivity index (χ1v) is 6.69. The van der Waals surface area contributed by atoms with Gasteiger partial charge in [-0.25, -0.2) is 4.99 Å². The van der Waals surface area contributed by atoms with Crippen LogP contribution in [0.5, 0.6) is 0 Å². The number of morpholine rings is 1. The van der Waals surface area contributed by atoms with Crippen molar-refractivity contribution in [2.45, 2.75) is 31.9 Å². The van der Waals surface area contributed by atoms with E-state index in [1.54, 1.807) is 0 Å². The first kappa shape index (κ1) is 13.4. The summed E-state index contributed by atoms with van der Waals surface area (Å²) in [5, 5.41) is 3.12. The van der Waals surface area contributed by atoms with E-state index in [2.05, 4.69) is 21.8 Å². The minimum absolute atomic E-state index is 0.220. The molecule has 1 atom stereocenters. The second-order valence-corrected chi connectivity index (χ2v) is 5.26. The second kappa shape index (κ2) is 6.20. The molecule has 0 aromatic heterocycles. The van der Waals surface area contributed by atoms with Gasteiger partial charge < -0.3 is 15.8 Å². The molecule has 1 unspecified atom stereocenters. The summed E-state index contributed by atoms with van der Waals surface area (Å²) in [7, 11) is 0. The third-order valence-corrected chi connectivity index (χ3v) is 3.26. The Hall–Kier alpha value is -1.07. The van der Waals surface area contributed by atoms with Crippen molar-refractivity contribution in [3.8, 4) is 0 Å². The van der Waals surface area contributed by atoms with Gasteiger partial charge >= 0.3 is 0 Å². The van der Waals surface area contributed by atoms with Gasteiger partial charge in [0.2, 0.25) is 0 Å². The molecule has 1 heterocycles. The minimum atomic E-state index is 0.220. The lowest BCUT2D eigenvalue weighted by Gasteiger charge is -2.33. The molecular formula is C13H24N4O. The van der Waals surface area contributed by atoms with Crippen LogP contribution in [0.15, 0.2) is 17.1 Å². The van der Waals surface area contributed by atoms with Gasteiger partial charge in [-0.3, -0.25) is 4.90 Å². The Kier molecular flexibility index (Phi) is 4.60. The number of nitrogens with zero attached hydrogens (tertiary/aromatic N) is 2. The fourth-order valence-electron chi connectivity index (χ4n) is 2.13. The topological polar surface area (TPSA) is 62.9 Å². The average Bonchev–Trinajstić information content (AvgIpc) is 3.18. The number of nitrogens with two attached hydrogens (primary N) is 1. The molecule has 3 N–H and O–H groups in total. The summed E-state index contributed by atoms with van der Waals surface area (Å²) in [5.41, 5.74) is 6.78. The zero-order chi connectivity index (χ0) is 13.0. The lowest BCUT2D eigenvalue weighted by Crippen LogP contribution is -2.49. The van der Waals surface area contributed by atoms with Gasteiger partial charge in [0.05, 0.1) is 19.3 Å². The fourth-order valence-corrected chi connectivity index (χ4v) is 2.13. The first-order valence-electron chi connectivity index (χ1n) is 6.69. The van der Waals surface area contributed by atoms with E-state index in [1.165, 1.54) is 12.8 Å². The Bertz CT molecular complexity index is 325. The molecule has 0 amide bonds. The number of rotatable bonds is 5. The Balaban J connectivity index is 1.68. The molecule has 18 heavy (non-hydrogen) atoms. The van der Waals surface area contributed by atoms with E-state index >= 15 is 0 Å². The smallest absolute Gasteiger partial charge is 0.188 e. The Morgan fingerprint density at radius 2 is 2.33 bits per heavy atom. The molecule has 0 aromatic rings. The van der Waals surface area contributed by atoms with Crippen molar-refractivity contribution < 1.29 is 4.74 Å². The van der Waals surface area contributed by atoms with Crippen LogP contribution in [0.25, 0.3) is 0 Å². The quantitative estimate of drug-likeness (QED) is 0.420. The third kappa shape index (κ3) is 4.31. The van der Waals surface area contributed by atoms with Crippen LogP contribution in [0.3, 0.4) is 0 Å². The van der Waals surface area contributed by atoms with Gasteiger partial charge in [-0.1, -0.05) is 12.2 Å². The number of hydrogen-bond donors (Lipinski definition) is 2.